The number of aromatic amines is 1. The maximum absolute atomic E-state index is 12.5. The minimum atomic E-state index is -0.133. The molecule has 0 atom stereocenters. The van der Waals surface area contributed by atoms with Crippen molar-refractivity contribution in [1.29, 1.82) is 5.26 Å². The summed E-state index contributed by atoms with van der Waals surface area (Å²) in [4.78, 5) is 35.6. The molecule has 0 fully saturated rings. The molecule has 124 valence electrons. The quantitative estimate of drug-likeness (QED) is 0.509. The Balaban J connectivity index is 2.26. The predicted molar refractivity (Wildman–Crippen MR) is 91.5 cm³/mol. The van der Waals surface area contributed by atoms with Gasteiger partial charge in [0.15, 0.2) is 11.6 Å². The van der Waals surface area contributed by atoms with Crippen molar-refractivity contribution in [3.05, 3.63) is 39.6 Å². The highest BCUT2D eigenvalue weighted by Crippen LogP contribution is 2.25. The fourth-order valence-corrected chi connectivity index (χ4v) is 3.62. The zero-order valence-corrected chi connectivity index (χ0v) is 15.1. The van der Waals surface area contributed by atoms with Gasteiger partial charge in [0.05, 0.1) is 17.1 Å². The van der Waals surface area contributed by atoms with Crippen LogP contribution in [0.3, 0.4) is 0 Å². The molecule has 0 aromatic carbocycles. The van der Waals surface area contributed by atoms with Crippen molar-refractivity contribution in [1.82, 2.24) is 15.0 Å². The number of nitriles is 1. The lowest BCUT2D eigenvalue weighted by atomic mass is 10.1. The van der Waals surface area contributed by atoms with E-state index >= 15 is 0 Å². The van der Waals surface area contributed by atoms with Crippen LogP contribution in [-0.4, -0.2) is 32.3 Å². The number of thioether (sulfide) groups is 1. The number of nitrogens with zero attached hydrogens (tertiary/aromatic N) is 3. The fraction of sp³-hybridized carbons (Fsp3) is 0.353. The molecule has 0 unspecified atom stereocenters. The van der Waals surface area contributed by atoms with Crippen molar-refractivity contribution >= 4 is 23.3 Å². The van der Waals surface area contributed by atoms with E-state index in [-0.39, 0.29) is 17.3 Å². The fourth-order valence-electron chi connectivity index (χ4n) is 2.68. The predicted octanol–water partition coefficient (Wildman–Crippen LogP) is 3.09. The molecule has 0 amide bonds. The number of rotatable bonds is 5. The average molecular weight is 342 g/mol. The minimum Gasteiger partial charge on any atom is -0.355 e. The molecule has 0 bridgehead atoms. The molecule has 7 heteroatoms. The van der Waals surface area contributed by atoms with E-state index in [0.717, 1.165) is 0 Å². The number of Topliss-reactive ketones (excluding diaryl/α,β-unsaturated/α-hetero) is 2. The third-order valence-corrected chi connectivity index (χ3v) is 4.66. The van der Waals surface area contributed by atoms with Crippen molar-refractivity contribution in [3.8, 4) is 6.07 Å². The molecule has 0 aliphatic carbocycles. The molecule has 6 nitrogen and oxygen atoms in total. The van der Waals surface area contributed by atoms with E-state index in [1.54, 1.807) is 27.7 Å². The van der Waals surface area contributed by atoms with Gasteiger partial charge in [-0.15, -0.1) is 0 Å². The van der Waals surface area contributed by atoms with E-state index in [4.69, 9.17) is 0 Å². The molecule has 0 spiro atoms. The molecule has 0 aliphatic heterocycles. The molecule has 2 heterocycles. The van der Waals surface area contributed by atoms with Gasteiger partial charge in [-0.3, -0.25) is 9.59 Å². The lowest BCUT2D eigenvalue weighted by Gasteiger charge is -2.06. The molecule has 0 aliphatic rings. The van der Waals surface area contributed by atoms with E-state index < -0.39 is 0 Å². The van der Waals surface area contributed by atoms with Gasteiger partial charge in [-0.25, -0.2) is 9.97 Å². The van der Waals surface area contributed by atoms with Crippen LogP contribution >= 0.6 is 11.8 Å². The molecule has 0 saturated carbocycles. The summed E-state index contributed by atoms with van der Waals surface area (Å²) in [5.74, 6) is 0.489. The van der Waals surface area contributed by atoms with Crippen LogP contribution in [0, 0.1) is 39.0 Å². The van der Waals surface area contributed by atoms with Crippen molar-refractivity contribution in [2.75, 3.05) is 5.75 Å². The van der Waals surface area contributed by atoms with Gasteiger partial charge in [0, 0.05) is 11.3 Å². The van der Waals surface area contributed by atoms with Gasteiger partial charge in [0.2, 0.25) is 0 Å². The van der Waals surface area contributed by atoms with Crippen LogP contribution in [0.1, 0.15) is 56.1 Å². The van der Waals surface area contributed by atoms with Crippen LogP contribution in [0.5, 0.6) is 0 Å². The Hall–Kier alpha value is -2.46. The lowest BCUT2D eigenvalue weighted by molar-refractivity contribution is 0.101. The summed E-state index contributed by atoms with van der Waals surface area (Å²) in [6.07, 6.45) is 0. The van der Waals surface area contributed by atoms with Gasteiger partial charge in [-0.1, -0.05) is 11.8 Å². The van der Waals surface area contributed by atoms with E-state index in [1.807, 2.05) is 0 Å². The minimum absolute atomic E-state index is 0.0678. The topological polar surface area (TPSA) is 99.5 Å². The summed E-state index contributed by atoms with van der Waals surface area (Å²) < 4.78 is 0. The molecule has 0 saturated heterocycles. The summed E-state index contributed by atoms with van der Waals surface area (Å²) in [6, 6.07) is 2.08. The van der Waals surface area contributed by atoms with Crippen LogP contribution < -0.4 is 0 Å². The van der Waals surface area contributed by atoms with Gasteiger partial charge in [-0.05, 0) is 40.2 Å². The molecule has 0 radical (unpaired) electrons. The van der Waals surface area contributed by atoms with Gasteiger partial charge >= 0.3 is 0 Å². The van der Waals surface area contributed by atoms with E-state index in [2.05, 4.69) is 21.0 Å². The smallest absolute Gasteiger partial charge is 0.189 e. The second kappa shape index (κ2) is 6.97. The zero-order valence-electron chi connectivity index (χ0n) is 14.3. The third kappa shape index (κ3) is 3.39. The Labute approximate surface area is 144 Å². The number of nitrogens with one attached hydrogen (secondary N) is 1. The molecule has 1 N–H and O–H groups in total. The molecular weight excluding hydrogens is 324 g/mol. The Morgan fingerprint density at radius 2 is 1.88 bits per heavy atom. The SMILES string of the molecule is CC(=O)c1c(C)[nH]c(C(=O)CSc2nc(C)nc(C)c2C#N)c1C. The Bertz CT molecular complexity index is 878. The first kappa shape index (κ1) is 17.9. The van der Waals surface area contributed by atoms with Gasteiger partial charge < -0.3 is 4.98 Å². The molecule has 24 heavy (non-hydrogen) atoms. The maximum Gasteiger partial charge on any atom is 0.189 e. The average Bonchev–Trinajstić information content (AvgIpc) is 2.79. The first-order chi connectivity index (χ1) is 11.3. The summed E-state index contributed by atoms with van der Waals surface area (Å²) in [7, 11) is 0. The monoisotopic (exact) mass is 342 g/mol. The number of hydrogen-bond donors (Lipinski definition) is 1. The highest BCUT2D eigenvalue weighted by molar-refractivity contribution is 8.00. The highest BCUT2D eigenvalue weighted by atomic mass is 32.2. The van der Waals surface area contributed by atoms with E-state index in [1.165, 1.54) is 18.7 Å². The third-order valence-electron chi connectivity index (χ3n) is 3.69. The van der Waals surface area contributed by atoms with Crippen molar-refractivity contribution in [3.63, 3.8) is 0 Å². The lowest BCUT2D eigenvalue weighted by Crippen LogP contribution is -2.07. The van der Waals surface area contributed by atoms with Crippen LogP contribution in [0.2, 0.25) is 0 Å². The number of aryl methyl sites for hydroxylation is 3. The standard InChI is InChI=1S/C17H18N4O2S/c1-8-15(11(4)22)10(3)20-16(8)14(23)7-24-17-13(6-18)9(2)19-12(5)21-17/h20H,7H2,1-5H3. The van der Waals surface area contributed by atoms with Crippen LogP contribution in [-0.2, 0) is 0 Å². The summed E-state index contributed by atoms with van der Waals surface area (Å²) in [5, 5.41) is 9.75. The van der Waals surface area contributed by atoms with E-state index in [9.17, 15) is 14.9 Å². The van der Waals surface area contributed by atoms with Crippen LogP contribution in [0.25, 0.3) is 0 Å². The molecule has 2 aromatic heterocycles. The van der Waals surface area contributed by atoms with Crippen molar-refractivity contribution in [2.45, 2.75) is 39.6 Å². The van der Waals surface area contributed by atoms with Crippen LogP contribution in [0.4, 0.5) is 0 Å². The first-order valence-corrected chi connectivity index (χ1v) is 8.36. The number of H-pyrrole nitrogens is 1. The second-order valence-electron chi connectivity index (χ2n) is 5.54. The zero-order chi connectivity index (χ0) is 18.0. The van der Waals surface area contributed by atoms with E-state index in [0.29, 0.717) is 44.6 Å². The van der Waals surface area contributed by atoms with Gasteiger partial charge in [-0.2, -0.15) is 5.26 Å². The van der Waals surface area contributed by atoms with Crippen molar-refractivity contribution in [2.24, 2.45) is 0 Å². The number of carbonyl (C=O) groups excluding carboxylic acids is 2. The number of hydrogen-bond acceptors (Lipinski definition) is 6. The Kier molecular flexibility index (Phi) is 5.20. The Morgan fingerprint density at radius 1 is 1.21 bits per heavy atom. The Morgan fingerprint density at radius 3 is 2.42 bits per heavy atom. The van der Waals surface area contributed by atoms with Crippen molar-refractivity contribution < 1.29 is 9.59 Å². The second-order valence-corrected chi connectivity index (χ2v) is 6.51. The highest BCUT2D eigenvalue weighted by Gasteiger charge is 2.20. The number of carbonyl (C=O) groups is 2. The number of aromatic nitrogens is 3. The molecule has 2 aromatic rings. The maximum atomic E-state index is 12.5. The summed E-state index contributed by atoms with van der Waals surface area (Å²) in [5.41, 5.74) is 3.36. The first-order valence-electron chi connectivity index (χ1n) is 7.37. The van der Waals surface area contributed by atoms with Gasteiger partial charge in [0.1, 0.15) is 22.5 Å². The number of ketones is 2. The normalized spacial score (nSPS) is 10.5. The largest absolute Gasteiger partial charge is 0.355 e. The molecule has 2 rings (SSSR count). The van der Waals surface area contributed by atoms with Crippen LogP contribution in [0.15, 0.2) is 5.03 Å². The summed E-state index contributed by atoms with van der Waals surface area (Å²) in [6.45, 7) is 8.52. The van der Waals surface area contributed by atoms with Gasteiger partial charge in [0.25, 0.3) is 0 Å². The molecular formula is C17H18N4O2S. The summed E-state index contributed by atoms with van der Waals surface area (Å²) >= 11 is 1.21.